The Kier molecular flexibility index (Phi) is 4.85. The molecule has 0 radical (unpaired) electrons. The molecule has 156 valence electrons. The van der Waals surface area contributed by atoms with Crippen LogP contribution in [-0.2, 0) is 14.3 Å². The summed E-state index contributed by atoms with van der Waals surface area (Å²) in [5.74, 6) is -0.453. The second kappa shape index (κ2) is 7.54. The lowest BCUT2D eigenvalue weighted by atomic mass is 10.0. The molecule has 2 aromatic rings. The molecule has 1 aromatic heterocycles. The molecule has 3 aliphatic rings. The summed E-state index contributed by atoms with van der Waals surface area (Å²) in [6.07, 6.45) is 2.79. The molecule has 0 unspecified atom stereocenters. The molecular weight excluding hydrogens is 410 g/mol. The van der Waals surface area contributed by atoms with Crippen LogP contribution in [0.25, 0.3) is 0 Å². The summed E-state index contributed by atoms with van der Waals surface area (Å²) in [5, 5.41) is 0.442. The number of pyridine rings is 1. The Hall–Kier alpha value is -2.68. The highest BCUT2D eigenvalue weighted by Gasteiger charge is 2.41. The quantitative estimate of drug-likeness (QED) is 0.730. The number of benzene rings is 1. The average molecular weight is 430 g/mol. The van der Waals surface area contributed by atoms with Crippen LogP contribution < -0.4 is 9.64 Å². The zero-order valence-corrected chi connectivity index (χ0v) is 16.9. The van der Waals surface area contributed by atoms with E-state index in [-0.39, 0.29) is 24.2 Å². The average Bonchev–Trinajstić information content (AvgIpc) is 3.17. The monoisotopic (exact) mass is 429 g/mol. The molecule has 0 bridgehead atoms. The van der Waals surface area contributed by atoms with Crippen LogP contribution >= 0.6 is 11.6 Å². The number of anilines is 1. The maximum Gasteiger partial charge on any atom is 0.264 e. The first-order valence-electron chi connectivity index (χ1n) is 9.85. The van der Waals surface area contributed by atoms with Crippen molar-refractivity contribution in [1.82, 2.24) is 9.88 Å². The SMILES string of the molecule is O=C(CN1C(=O)c2cccnc2Oc2ccc(Cl)cc21)N1CCC2(CC1)OCCO2. The topological polar surface area (TPSA) is 81.2 Å². The molecule has 2 amide bonds. The number of likely N-dealkylation sites (tertiary alicyclic amines) is 1. The van der Waals surface area contributed by atoms with Gasteiger partial charge >= 0.3 is 0 Å². The Morgan fingerprint density at radius 2 is 1.93 bits per heavy atom. The molecule has 5 rings (SSSR count). The third kappa shape index (κ3) is 3.40. The number of piperidine rings is 1. The number of amides is 2. The maximum atomic E-state index is 13.3. The van der Waals surface area contributed by atoms with Crippen LogP contribution in [0.5, 0.6) is 11.6 Å². The van der Waals surface area contributed by atoms with Gasteiger partial charge in [-0.25, -0.2) is 4.98 Å². The number of fused-ring (bicyclic) bond motifs is 2. The van der Waals surface area contributed by atoms with Gasteiger partial charge in [0.1, 0.15) is 12.1 Å². The fourth-order valence-corrected chi connectivity index (χ4v) is 4.22. The molecular formula is C21H20ClN3O5. The van der Waals surface area contributed by atoms with Crippen molar-refractivity contribution in [3.8, 4) is 11.6 Å². The van der Waals surface area contributed by atoms with Gasteiger partial charge in [0, 0.05) is 37.2 Å². The minimum absolute atomic E-state index is 0.126. The van der Waals surface area contributed by atoms with Crippen LogP contribution in [0.15, 0.2) is 36.5 Å². The summed E-state index contributed by atoms with van der Waals surface area (Å²) >= 11 is 6.18. The minimum Gasteiger partial charge on any atom is -0.436 e. The van der Waals surface area contributed by atoms with Gasteiger partial charge in [-0.1, -0.05) is 11.6 Å². The molecule has 0 saturated carbocycles. The van der Waals surface area contributed by atoms with Gasteiger partial charge in [-0.3, -0.25) is 14.5 Å². The van der Waals surface area contributed by atoms with E-state index in [9.17, 15) is 9.59 Å². The van der Waals surface area contributed by atoms with Gasteiger partial charge in [0.05, 0.1) is 18.9 Å². The Morgan fingerprint density at radius 3 is 2.70 bits per heavy atom. The van der Waals surface area contributed by atoms with E-state index in [1.54, 1.807) is 41.4 Å². The maximum absolute atomic E-state index is 13.3. The molecule has 0 atom stereocenters. The zero-order chi connectivity index (χ0) is 20.7. The van der Waals surface area contributed by atoms with Gasteiger partial charge in [-0.05, 0) is 30.3 Å². The molecule has 0 N–H and O–H groups in total. The van der Waals surface area contributed by atoms with E-state index in [1.165, 1.54) is 4.90 Å². The highest BCUT2D eigenvalue weighted by molar-refractivity contribution is 6.31. The normalized spacial score (nSPS) is 19.8. The third-order valence-electron chi connectivity index (χ3n) is 5.65. The summed E-state index contributed by atoms with van der Waals surface area (Å²) in [5.41, 5.74) is 0.734. The second-order valence-electron chi connectivity index (χ2n) is 7.45. The molecule has 9 heteroatoms. The number of hydrogen-bond acceptors (Lipinski definition) is 6. The first kappa shape index (κ1) is 19.3. The lowest BCUT2D eigenvalue weighted by Gasteiger charge is -2.38. The Bertz CT molecular complexity index is 998. The van der Waals surface area contributed by atoms with Crippen molar-refractivity contribution in [2.75, 3.05) is 37.7 Å². The molecule has 3 aliphatic heterocycles. The van der Waals surface area contributed by atoms with Gasteiger partial charge < -0.3 is 19.1 Å². The lowest BCUT2D eigenvalue weighted by Crippen LogP contribution is -2.50. The van der Waals surface area contributed by atoms with Crippen molar-refractivity contribution >= 4 is 29.1 Å². The molecule has 30 heavy (non-hydrogen) atoms. The van der Waals surface area contributed by atoms with Gasteiger partial charge in [0.25, 0.3) is 5.91 Å². The Morgan fingerprint density at radius 1 is 1.17 bits per heavy atom. The highest BCUT2D eigenvalue weighted by atomic mass is 35.5. The minimum atomic E-state index is -0.562. The van der Waals surface area contributed by atoms with E-state index in [4.69, 9.17) is 25.8 Å². The Balaban J connectivity index is 1.41. The van der Waals surface area contributed by atoms with Crippen LogP contribution in [0.1, 0.15) is 23.2 Å². The van der Waals surface area contributed by atoms with E-state index in [1.807, 2.05) is 0 Å². The van der Waals surface area contributed by atoms with E-state index in [0.29, 0.717) is 61.2 Å². The number of ether oxygens (including phenoxy) is 3. The van der Waals surface area contributed by atoms with Gasteiger partial charge in [-0.2, -0.15) is 0 Å². The number of nitrogens with zero attached hydrogens (tertiary/aromatic N) is 3. The van der Waals surface area contributed by atoms with Crippen LogP contribution in [-0.4, -0.2) is 60.3 Å². The summed E-state index contributed by atoms with van der Waals surface area (Å²) in [6, 6.07) is 8.26. The molecule has 1 aromatic carbocycles. The summed E-state index contributed by atoms with van der Waals surface area (Å²) < 4.78 is 17.3. The van der Waals surface area contributed by atoms with Crippen molar-refractivity contribution in [3.05, 3.63) is 47.1 Å². The van der Waals surface area contributed by atoms with Crippen LogP contribution in [0, 0.1) is 0 Å². The number of hydrogen-bond donors (Lipinski definition) is 0. The summed E-state index contributed by atoms with van der Waals surface area (Å²) in [4.78, 5) is 33.7. The van der Waals surface area contributed by atoms with Gasteiger partial charge in [0.15, 0.2) is 11.5 Å². The molecule has 4 heterocycles. The second-order valence-corrected chi connectivity index (χ2v) is 7.89. The molecule has 1 spiro atoms. The highest BCUT2D eigenvalue weighted by Crippen LogP contribution is 2.39. The zero-order valence-electron chi connectivity index (χ0n) is 16.2. The van der Waals surface area contributed by atoms with Crippen molar-refractivity contribution in [3.63, 3.8) is 0 Å². The predicted octanol–water partition coefficient (Wildman–Crippen LogP) is 2.85. The molecule has 2 fully saturated rings. The van der Waals surface area contributed by atoms with E-state index in [2.05, 4.69) is 4.98 Å². The van der Waals surface area contributed by atoms with Crippen LogP contribution in [0.2, 0.25) is 5.02 Å². The van der Waals surface area contributed by atoms with Gasteiger partial charge in [0.2, 0.25) is 11.8 Å². The first-order valence-corrected chi connectivity index (χ1v) is 10.2. The molecule has 2 saturated heterocycles. The molecule has 0 aliphatic carbocycles. The van der Waals surface area contributed by atoms with Crippen molar-refractivity contribution in [1.29, 1.82) is 0 Å². The number of aromatic nitrogens is 1. The number of rotatable bonds is 2. The van der Waals surface area contributed by atoms with Crippen LogP contribution in [0.3, 0.4) is 0 Å². The van der Waals surface area contributed by atoms with Crippen molar-refractivity contribution in [2.24, 2.45) is 0 Å². The smallest absolute Gasteiger partial charge is 0.264 e. The summed E-state index contributed by atoms with van der Waals surface area (Å²) in [7, 11) is 0. The standard InChI is InChI=1S/C21H20ClN3O5/c22-14-3-4-17-16(12-14)25(20(27)15-2-1-7-23-19(15)30-17)13-18(26)24-8-5-21(6-9-24)28-10-11-29-21/h1-4,7,12H,5-6,8-11,13H2. The predicted molar refractivity (Wildman–Crippen MR) is 108 cm³/mol. The van der Waals surface area contributed by atoms with Crippen molar-refractivity contribution < 1.29 is 23.8 Å². The fraction of sp³-hybridized carbons (Fsp3) is 0.381. The fourth-order valence-electron chi connectivity index (χ4n) is 4.06. The van der Waals surface area contributed by atoms with Crippen LogP contribution in [0.4, 0.5) is 5.69 Å². The van der Waals surface area contributed by atoms with Gasteiger partial charge in [-0.15, -0.1) is 0 Å². The number of carbonyl (C=O) groups excluding carboxylic acids is 2. The number of halogens is 1. The lowest BCUT2D eigenvalue weighted by molar-refractivity contribution is -0.187. The third-order valence-corrected chi connectivity index (χ3v) is 5.89. The van der Waals surface area contributed by atoms with E-state index >= 15 is 0 Å². The van der Waals surface area contributed by atoms with Crippen molar-refractivity contribution in [2.45, 2.75) is 18.6 Å². The van der Waals surface area contributed by atoms with E-state index in [0.717, 1.165) is 0 Å². The van der Waals surface area contributed by atoms with E-state index < -0.39 is 5.79 Å². The first-order chi connectivity index (χ1) is 14.5. The summed E-state index contributed by atoms with van der Waals surface area (Å²) in [6.45, 7) is 2.07. The number of carbonyl (C=O) groups is 2. The Labute approximate surface area is 178 Å². The molecule has 8 nitrogen and oxygen atoms in total. The largest absolute Gasteiger partial charge is 0.436 e.